The van der Waals surface area contributed by atoms with E-state index in [-0.39, 0.29) is 36.5 Å². The molecule has 1 aliphatic heterocycles. The van der Waals surface area contributed by atoms with Crippen LogP contribution in [0.2, 0.25) is 0 Å². The molecule has 0 spiro atoms. The number of nitrogens with one attached hydrogen (secondary N) is 2. The lowest BCUT2D eigenvalue weighted by Crippen LogP contribution is -2.63. The number of amides is 2. The fourth-order valence-electron chi connectivity index (χ4n) is 11.1. The van der Waals surface area contributed by atoms with Crippen LogP contribution in [0, 0.1) is 5.92 Å². The zero-order valence-electron chi connectivity index (χ0n) is 52.9. The number of hydrogen-bond acceptors (Lipinski definition) is 10. The quantitative estimate of drug-likeness (QED) is 0.0568. The molecule has 0 bridgehead atoms. The molecule has 0 aromatic heterocycles. The van der Waals surface area contributed by atoms with Crippen molar-refractivity contribution in [3.05, 3.63) is 0 Å². The largest absolute Gasteiger partial charge is 0.379 e. The maximum absolute atomic E-state index is 14.3. The predicted octanol–water partition coefficient (Wildman–Crippen LogP) is 16.6. The van der Waals surface area contributed by atoms with E-state index < -0.39 is 36.7 Å². The Morgan fingerprint density at radius 1 is 0.468 bits per heavy atom. The van der Waals surface area contributed by atoms with Gasteiger partial charge < -0.3 is 48.5 Å². The van der Waals surface area contributed by atoms with Crippen LogP contribution < -0.4 is 10.6 Å². The van der Waals surface area contributed by atoms with Crippen molar-refractivity contribution < 1.29 is 47.5 Å². The van der Waals surface area contributed by atoms with Crippen LogP contribution in [0.25, 0.3) is 0 Å². The van der Waals surface area contributed by atoms with Crippen LogP contribution in [0.1, 0.15) is 305 Å². The number of unbranched alkanes of at least 4 members (excludes halogenated alkanes) is 25. The molecule has 1 aliphatic carbocycles. The van der Waals surface area contributed by atoms with Crippen molar-refractivity contribution in [2.24, 2.45) is 5.92 Å². The molecule has 8 atom stereocenters. The fraction of sp³-hybridized carbons (Fsp3) is 0.970. The van der Waals surface area contributed by atoms with Crippen molar-refractivity contribution in [1.82, 2.24) is 10.6 Å². The average molecular weight is 1120 g/mol. The van der Waals surface area contributed by atoms with E-state index in [2.05, 4.69) is 59.1 Å². The van der Waals surface area contributed by atoms with E-state index in [1.54, 1.807) is 0 Å². The average Bonchev–Trinajstić information content (AvgIpc) is 3.50. The van der Waals surface area contributed by atoms with E-state index in [0.717, 1.165) is 148 Å². The van der Waals surface area contributed by atoms with Gasteiger partial charge in [0.1, 0.15) is 30.5 Å². The van der Waals surface area contributed by atoms with Crippen molar-refractivity contribution in [2.45, 2.75) is 354 Å². The molecule has 2 amide bonds. The van der Waals surface area contributed by atoms with Gasteiger partial charge in [-0.15, -0.1) is 0 Å². The monoisotopic (exact) mass is 1120 g/mol. The SMILES string of the molecule is CCCCCCCCCCCCCC[C@@H](OCCCC)[C@@H](OCCCC)[C@H](CO[C@H]1OC(COCCCC)[C@H](OCCCC)[C@H](OCCCC)C1OCCCC)NC(=O)CCCCCCCCCCCNC(=O)C1CCCCC1. The van der Waals surface area contributed by atoms with Gasteiger partial charge in [-0.2, -0.15) is 0 Å². The Hall–Kier alpha value is -1.38. The third-order valence-corrected chi connectivity index (χ3v) is 16.3. The van der Waals surface area contributed by atoms with Crippen LogP contribution in [0.4, 0.5) is 0 Å². The van der Waals surface area contributed by atoms with Crippen molar-refractivity contribution >= 4 is 11.8 Å². The highest BCUT2D eigenvalue weighted by Gasteiger charge is 2.49. The second-order valence-electron chi connectivity index (χ2n) is 23.7. The highest BCUT2D eigenvalue weighted by molar-refractivity contribution is 5.78. The highest BCUT2D eigenvalue weighted by Crippen LogP contribution is 2.31. The summed E-state index contributed by atoms with van der Waals surface area (Å²) in [5.41, 5.74) is 0. The van der Waals surface area contributed by atoms with Crippen LogP contribution in [-0.2, 0) is 47.5 Å². The number of carbonyl (C=O) groups is 2. The smallest absolute Gasteiger partial charge is 0.223 e. The topological polar surface area (TPSA) is 132 Å². The van der Waals surface area contributed by atoms with Gasteiger partial charge in [0.25, 0.3) is 0 Å². The summed E-state index contributed by atoms with van der Waals surface area (Å²) in [5, 5.41) is 6.71. The second kappa shape index (κ2) is 53.4. The molecule has 2 N–H and O–H groups in total. The maximum atomic E-state index is 14.3. The van der Waals surface area contributed by atoms with Crippen molar-refractivity contribution in [2.75, 3.05) is 59.4 Å². The Morgan fingerprint density at radius 2 is 0.937 bits per heavy atom. The molecule has 79 heavy (non-hydrogen) atoms. The molecule has 1 heterocycles. The fourth-order valence-corrected chi connectivity index (χ4v) is 11.1. The molecule has 0 aromatic carbocycles. The first-order valence-corrected chi connectivity index (χ1v) is 34.4. The van der Waals surface area contributed by atoms with E-state index in [1.807, 2.05) is 0 Å². The molecule has 2 fully saturated rings. The first-order chi connectivity index (χ1) is 38.9. The van der Waals surface area contributed by atoms with E-state index in [0.29, 0.717) is 52.7 Å². The van der Waals surface area contributed by atoms with Crippen LogP contribution in [0.15, 0.2) is 0 Å². The maximum Gasteiger partial charge on any atom is 0.223 e. The van der Waals surface area contributed by atoms with Gasteiger partial charge in [0.05, 0.1) is 25.4 Å². The Morgan fingerprint density at radius 3 is 1.51 bits per heavy atom. The van der Waals surface area contributed by atoms with Crippen LogP contribution in [0.3, 0.4) is 0 Å². The molecular formula is C67H130N2O10. The van der Waals surface area contributed by atoms with Gasteiger partial charge in [-0.1, -0.05) is 228 Å². The van der Waals surface area contributed by atoms with Gasteiger partial charge >= 0.3 is 0 Å². The van der Waals surface area contributed by atoms with Gasteiger partial charge in [0, 0.05) is 58.5 Å². The number of hydrogen-bond donors (Lipinski definition) is 2. The summed E-state index contributed by atoms with van der Waals surface area (Å²) in [6.45, 7) is 20.4. The molecule has 2 unspecified atom stereocenters. The Labute approximate surface area is 487 Å². The Kier molecular flexibility index (Phi) is 49.8. The van der Waals surface area contributed by atoms with Crippen molar-refractivity contribution in [3.8, 4) is 0 Å². The summed E-state index contributed by atoms with van der Waals surface area (Å²) in [6, 6.07) is -0.481. The number of ether oxygens (including phenoxy) is 8. The second-order valence-corrected chi connectivity index (χ2v) is 23.7. The van der Waals surface area contributed by atoms with Gasteiger partial charge in [-0.05, 0) is 70.6 Å². The van der Waals surface area contributed by atoms with Crippen molar-refractivity contribution in [1.29, 1.82) is 0 Å². The lowest BCUT2D eigenvalue weighted by Gasteiger charge is -2.46. The first kappa shape index (κ1) is 73.7. The minimum Gasteiger partial charge on any atom is -0.379 e. The highest BCUT2D eigenvalue weighted by atomic mass is 16.7. The van der Waals surface area contributed by atoms with E-state index >= 15 is 0 Å². The third kappa shape index (κ3) is 36.8. The predicted molar refractivity (Wildman–Crippen MR) is 327 cm³/mol. The molecular weight excluding hydrogens is 993 g/mol. The summed E-state index contributed by atoms with van der Waals surface area (Å²) < 4.78 is 54.6. The lowest BCUT2D eigenvalue weighted by atomic mass is 9.88. The van der Waals surface area contributed by atoms with E-state index in [9.17, 15) is 9.59 Å². The van der Waals surface area contributed by atoms with Crippen LogP contribution in [-0.4, -0.2) is 120 Å². The molecule has 12 nitrogen and oxygen atoms in total. The normalized spacial score (nSPS) is 20.1. The summed E-state index contributed by atoms with van der Waals surface area (Å²) in [6.07, 6.45) is 41.3. The molecule has 0 aromatic rings. The molecule has 1 saturated heterocycles. The lowest BCUT2D eigenvalue weighted by molar-refractivity contribution is -0.325. The molecule has 12 heteroatoms. The third-order valence-electron chi connectivity index (χ3n) is 16.3. The minimum atomic E-state index is -0.784. The van der Waals surface area contributed by atoms with Crippen LogP contribution >= 0.6 is 0 Å². The molecule has 1 saturated carbocycles. The first-order valence-electron chi connectivity index (χ1n) is 34.4. The summed E-state index contributed by atoms with van der Waals surface area (Å²) in [4.78, 5) is 26.8. The zero-order valence-corrected chi connectivity index (χ0v) is 52.9. The number of carbonyl (C=O) groups excluding carboxylic acids is 2. The van der Waals surface area contributed by atoms with Gasteiger partial charge in [-0.25, -0.2) is 0 Å². The molecule has 0 radical (unpaired) electrons. The summed E-state index contributed by atoms with van der Waals surface area (Å²) in [7, 11) is 0. The van der Waals surface area contributed by atoms with E-state index in [1.165, 1.54) is 109 Å². The summed E-state index contributed by atoms with van der Waals surface area (Å²) in [5.74, 6) is 0.545. The van der Waals surface area contributed by atoms with Gasteiger partial charge in [-0.3, -0.25) is 9.59 Å². The molecule has 2 aliphatic rings. The van der Waals surface area contributed by atoms with Gasteiger partial charge in [0.15, 0.2) is 6.29 Å². The standard InChI is InChI=1S/C67H130N2O10/c1-8-15-22-23-24-25-26-27-29-32-35-41-46-59(73-50-17-10-3)62(74-51-18-11-4)58(69-61(70)47-42-36-33-30-28-31-34-37-43-48-68-66(71)57-44-39-38-40-45-57)55-78-67-65(77-54-21-14-7)64(76-53-20-13-6)63(75-52-19-12-5)60(79-67)56-72-49-16-9-2/h57-60,62-65,67H,8-56H2,1-7H3,(H,68,71)(H,69,70)/t58-,59+,60?,62-,63-,64-,65?,67-/m0/s1. The molecule has 2 rings (SSSR count). The minimum absolute atomic E-state index is 0.0265. The van der Waals surface area contributed by atoms with E-state index in [4.69, 9.17) is 37.9 Å². The summed E-state index contributed by atoms with van der Waals surface area (Å²) >= 11 is 0. The van der Waals surface area contributed by atoms with Crippen LogP contribution in [0.5, 0.6) is 0 Å². The Bertz CT molecular complexity index is 1340. The zero-order chi connectivity index (χ0) is 57.1. The van der Waals surface area contributed by atoms with Gasteiger partial charge in [0.2, 0.25) is 11.8 Å². The Balaban J connectivity index is 2.30. The number of rotatable bonds is 57. The van der Waals surface area contributed by atoms with Crippen molar-refractivity contribution in [3.63, 3.8) is 0 Å². The molecule has 468 valence electrons.